The molecule has 2 nitrogen and oxygen atoms in total. The van der Waals surface area contributed by atoms with E-state index >= 15 is 0 Å². The maximum atomic E-state index is 12.8. The molecular weight excluding hydrogens is 258 g/mol. The monoisotopic (exact) mass is 295 g/mol. The normalized spacial score (nSPS) is 20.0. The first-order valence-electron chi connectivity index (χ1n) is 9.55. The fraction of sp³-hybridized carbons (Fsp3) is 0.947. The van der Waals surface area contributed by atoms with Crippen LogP contribution >= 0.6 is 0 Å². The highest BCUT2D eigenvalue weighted by Gasteiger charge is 2.31. The first kappa shape index (κ1) is 18.5. The summed E-state index contributed by atoms with van der Waals surface area (Å²) in [5, 5.41) is 0. The molecule has 0 aromatic heterocycles. The van der Waals surface area contributed by atoms with Gasteiger partial charge in [0.2, 0.25) is 5.91 Å². The first-order valence-corrected chi connectivity index (χ1v) is 9.55. The van der Waals surface area contributed by atoms with Gasteiger partial charge >= 0.3 is 0 Å². The lowest BCUT2D eigenvalue weighted by molar-refractivity contribution is -0.136. The van der Waals surface area contributed by atoms with Crippen molar-refractivity contribution in [2.24, 2.45) is 5.92 Å². The molecule has 2 unspecified atom stereocenters. The fourth-order valence-electron chi connectivity index (χ4n) is 3.60. The number of hydrogen-bond acceptors (Lipinski definition) is 1. The van der Waals surface area contributed by atoms with Crippen LogP contribution in [0.4, 0.5) is 0 Å². The highest BCUT2D eigenvalue weighted by atomic mass is 16.2. The summed E-state index contributed by atoms with van der Waals surface area (Å²) in [5.74, 6) is 0.743. The number of nitrogens with zero attached hydrogens (tertiary/aromatic N) is 1. The quantitative estimate of drug-likeness (QED) is 0.457. The fourth-order valence-corrected chi connectivity index (χ4v) is 3.60. The summed E-state index contributed by atoms with van der Waals surface area (Å²) >= 11 is 0. The number of hydrogen-bond donors (Lipinski definition) is 0. The third kappa shape index (κ3) is 6.40. The molecule has 2 heteroatoms. The van der Waals surface area contributed by atoms with Gasteiger partial charge in [-0.25, -0.2) is 0 Å². The Balaban J connectivity index is 2.38. The van der Waals surface area contributed by atoms with E-state index in [1.807, 2.05) is 0 Å². The molecule has 0 aromatic rings. The number of amides is 1. The minimum atomic E-state index is 0.283. The minimum Gasteiger partial charge on any atom is -0.339 e. The average Bonchev–Trinajstić information content (AvgIpc) is 2.96. The molecule has 0 bridgehead atoms. The molecule has 1 aliphatic rings. The van der Waals surface area contributed by atoms with E-state index in [1.54, 1.807) is 0 Å². The maximum absolute atomic E-state index is 12.8. The Hall–Kier alpha value is -0.530. The SMILES string of the molecule is CCCCCCCC1CCCN1C(=O)C(CC)CCCC. The Bertz CT molecular complexity index is 277. The number of unbranched alkanes of at least 4 members (excludes halogenated alkanes) is 5. The van der Waals surface area contributed by atoms with Crippen molar-refractivity contribution in [3.05, 3.63) is 0 Å². The van der Waals surface area contributed by atoms with Gasteiger partial charge in [-0.2, -0.15) is 0 Å². The van der Waals surface area contributed by atoms with Gasteiger partial charge in [0.05, 0.1) is 0 Å². The molecule has 21 heavy (non-hydrogen) atoms. The number of likely N-dealkylation sites (tertiary alicyclic amines) is 1. The summed E-state index contributed by atoms with van der Waals surface area (Å²) in [5.41, 5.74) is 0. The van der Waals surface area contributed by atoms with Crippen LogP contribution < -0.4 is 0 Å². The highest BCUT2D eigenvalue weighted by molar-refractivity contribution is 5.79. The Morgan fingerprint density at radius 1 is 1.05 bits per heavy atom. The van der Waals surface area contributed by atoms with E-state index in [9.17, 15) is 4.79 Å². The van der Waals surface area contributed by atoms with E-state index in [4.69, 9.17) is 0 Å². The Kier molecular flexibility index (Phi) is 9.78. The summed E-state index contributed by atoms with van der Waals surface area (Å²) in [4.78, 5) is 15.0. The van der Waals surface area contributed by atoms with Crippen LogP contribution in [0.5, 0.6) is 0 Å². The number of rotatable bonds is 11. The molecule has 0 saturated carbocycles. The van der Waals surface area contributed by atoms with Crippen LogP contribution in [-0.2, 0) is 4.79 Å². The lowest BCUT2D eigenvalue weighted by Crippen LogP contribution is -2.39. The van der Waals surface area contributed by atoms with Crippen LogP contribution in [-0.4, -0.2) is 23.4 Å². The lowest BCUT2D eigenvalue weighted by Gasteiger charge is -2.28. The third-order valence-electron chi connectivity index (χ3n) is 5.05. The smallest absolute Gasteiger partial charge is 0.225 e. The second-order valence-electron chi connectivity index (χ2n) is 6.78. The van der Waals surface area contributed by atoms with E-state index in [2.05, 4.69) is 25.7 Å². The average molecular weight is 296 g/mol. The molecule has 1 rings (SSSR count). The maximum Gasteiger partial charge on any atom is 0.225 e. The summed E-state index contributed by atoms with van der Waals surface area (Å²) < 4.78 is 0. The van der Waals surface area contributed by atoms with Crippen molar-refractivity contribution in [3.8, 4) is 0 Å². The standard InChI is InChI=1S/C19H37NO/c1-4-7-9-10-11-14-18-15-12-16-20(18)19(21)17(6-3)13-8-5-2/h17-18H,4-16H2,1-3H3. The zero-order chi connectivity index (χ0) is 15.5. The van der Waals surface area contributed by atoms with Gasteiger partial charge in [0.1, 0.15) is 0 Å². The van der Waals surface area contributed by atoms with Crippen molar-refractivity contribution < 1.29 is 4.79 Å². The molecule has 1 heterocycles. The molecule has 1 fully saturated rings. The van der Waals surface area contributed by atoms with E-state index in [-0.39, 0.29) is 5.92 Å². The van der Waals surface area contributed by atoms with Crippen LogP contribution in [0.15, 0.2) is 0 Å². The number of carbonyl (C=O) groups excluding carboxylic acids is 1. The van der Waals surface area contributed by atoms with Crippen LogP contribution in [0.2, 0.25) is 0 Å². The molecule has 0 radical (unpaired) electrons. The van der Waals surface area contributed by atoms with Gasteiger partial charge in [-0.3, -0.25) is 4.79 Å². The van der Waals surface area contributed by atoms with Gasteiger partial charge < -0.3 is 4.90 Å². The van der Waals surface area contributed by atoms with Crippen molar-refractivity contribution in [3.63, 3.8) is 0 Å². The molecule has 0 aromatic carbocycles. The van der Waals surface area contributed by atoms with Crippen molar-refractivity contribution in [1.29, 1.82) is 0 Å². The van der Waals surface area contributed by atoms with E-state index < -0.39 is 0 Å². The zero-order valence-corrected chi connectivity index (χ0v) is 14.7. The topological polar surface area (TPSA) is 20.3 Å². The molecule has 0 spiro atoms. The van der Waals surface area contributed by atoms with E-state index in [0.29, 0.717) is 11.9 Å². The molecular formula is C19H37NO. The molecule has 2 atom stereocenters. The van der Waals surface area contributed by atoms with Crippen molar-refractivity contribution in [2.75, 3.05) is 6.54 Å². The summed E-state index contributed by atoms with van der Waals surface area (Å²) in [6.07, 6.45) is 14.9. The summed E-state index contributed by atoms with van der Waals surface area (Å²) in [6.45, 7) is 7.67. The highest BCUT2D eigenvalue weighted by Crippen LogP contribution is 2.26. The second-order valence-corrected chi connectivity index (χ2v) is 6.78. The predicted octanol–water partition coefficient (Wildman–Crippen LogP) is 5.55. The molecule has 1 amide bonds. The second kappa shape index (κ2) is 11.1. The molecule has 1 aliphatic heterocycles. The van der Waals surface area contributed by atoms with Crippen molar-refractivity contribution >= 4 is 5.91 Å². The molecule has 1 saturated heterocycles. The van der Waals surface area contributed by atoms with Gasteiger partial charge in [0.25, 0.3) is 0 Å². The molecule has 0 aliphatic carbocycles. The Labute approximate surface area is 132 Å². The lowest BCUT2D eigenvalue weighted by atomic mass is 9.96. The third-order valence-corrected chi connectivity index (χ3v) is 5.05. The van der Waals surface area contributed by atoms with Gasteiger partial charge in [0, 0.05) is 18.5 Å². The minimum absolute atomic E-state index is 0.283. The van der Waals surface area contributed by atoms with Crippen LogP contribution in [0.1, 0.15) is 97.8 Å². The van der Waals surface area contributed by atoms with Crippen LogP contribution in [0, 0.1) is 5.92 Å². The Morgan fingerprint density at radius 2 is 1.76 bits per heavy atom. The van der Waals surface area contributed by atoms with Crippen LogP contribution in [0.3, 0.4) is 0 Å². The first-order chi connectivity index (χ1) is 10.2. The van der Waals surface area contributed by atoms with E-state index in [1.165, 1.54) is 64.2 Å². The van der Waals surface area contributed by atoms with Crippen molar-refractivity contribution in [1.82, 2.24) is 4.90 Å². The predicted molar refractivity (Wildman–Crippen MR) is 91.4 cm³/mol. The van der Waals surface area contributed by atoms with E-state index in [0.717, 1.165) is 19.4 Å². The Morgan fingerprint density at radius 3 is 2.43 bits per heavy atom. The summed E-state index contributed by atoms with van der Waals surface area (Å²) in [6, 6.07) is 0.551. The largest absolute Gasteiger partial charge is 0.339 e. The van der Waals surface area contributed by atoms with Crippen LogP contribution in [0.25, 0.3) is 0 Å². The van der Waals surface area contributed by atoms with Gasteiger partial charge in [0.15, 0.2) is 0 Å². The summed E-state index contributed by atoms with van der Waals surface area (Å²) in [7, 11) is 0. The molecule has 124 valence electrons. The van der Waals surface area contributed by atoms with Gasteiger partial charge in [-0.05, 0) is 32.1 Å². The van der Waals surface area contributed by atoms with Gasteiger partial charge in [-0.1, -0.05) is 65.7 Å². The van der Waals surface area contributed by atoms with Crippen molar-refractivity contribution in [2.45, 2.75) is 104 Å². The zero-order valence-electron chi connectivity index (χ0n) is 14.7. The van der Waals surface area contributed by atoms with Gasteiger partial charge in [-0.15, -0.1) is 0 Å². The molecule has 0 N–H and O–H groups in total. The number of carbonyl (C=O) groups is 1.